The van der Waals surface area contributed by atoms with Crippen LogP contribution in [0.2, 0.25) is 0 Å². The molecule has 1 aromatic carbocycles. The molecule has 130 valence electrons. The van der Waals surface area contributed by atoms with E-state index in [1.54, 1.807) is 0 Å². The number of hydrogen-bond acceptors (Lipinski definition) is 3. The van der Waals surface area contributed by atoms with Gasteiger partial charge in [-0.25, -0.2) is 0 Å². The van der Waals surface area contributed by atoms with E-state index in [-0.39, 0.29) is 11.9 Å². The summed E-state index contributed by atoms with van der Waals surface area (Å²) in [5, 5.41) is 0. The van der Waals surface area contributed by atoms with Crippen LogP contribution in [0.25, 0.3) is 0 Å². The fourth-order valence-corrected chi connectivity index (χ4v) is 2.49. The second kappa shape index (κ2) is 13.1. The molecular formula is C20H32O3. The fraction of sp³-hybridized carbons (Fsp3) is 0.650. The Morgan fingerprint density at radius 1 is 0.913 bits per heavy atom. The van der Waals surface area contributed by atoms with Crippen LogP contribution in [0.5, 0.6) is 0 Å². The smallest absolute Gasteiger partial charge is 0.315 e. The second-order valence-corrected chi connectivity index (χ2v) is 5.97. The van der Waals surface area contributed by atoms with Crippen LogP contribution in [-0.2, 0) is 14.3 Å². The first-order chi connectivity index (χ1) is 11.3. The molecule has 1 atom stereocenters. The summed E-state index contributed by atoms with van der Waals surface area (Å²) in [4.78, 5) is 12.4. The molecule has 0 spiro atoms. The van der Waals surface area contributed by atoms with E-state index >= 15 is 0 Å². The molecule has 0 heterocycles. The standard InChI is InChI=1S/C20H32O3/c1-3-5-6-7-8-12-16-23-20(21)19(17-22-15-4-2)18-13-10-9-11-14-18/h9-11,13-14,19H,3-8,12,15-17H2,1-2H3. The zero-order valence-electron chi connectivity index (χ0n) is 14.8. The molecule has 1 aromatic rings. The van der Waals surface area contributed by atoms with Gasteiger partial charge in [0.05, 0.1) is 13.2 Å². The summed E-state index contributed by atoms with van der Waals surface area (Å²) in [6.45, 7) is 5.86. The average molecular weight is 320 g/mol. The number of ether oxygens (including phenoxy) is 2. The van der Waals surface area contributed by atoms with Gasteiger partial charge >= 0.3 is 5.97 Å². The number of carbonyl (C=O) groups excluding carboxylic acids is 1. The Kier molecular flexibility index (Phi) is 11.2. The molecule has 1 unspecified atom stereocenters. The third-order valence-electron chi connectivity index (χ3n) is 3.86. The lowest BCUT2D eigenvalue weighted by molar-refractivity contribution is -0.147. The minimum Gasteiger partial charge on any atom is -0.465 e. The van der Waals surface area contributed by atoms with E-state index in [1.807, 2.05) is 30.3 Å². The summed E-state index contributed by atoms with van der Waals surface area (Å²) in [6, 6.07) is 9.78. The molecule has 0 aliphatic carbocycles. The van der Waals surface area contributed by atoms with Gasteiger partial charge in [-0.2, -0.15) is 0 Å². The summed E-state index contributed by atoms with van der Waals surface area (Å²) in [5.74, 6) is -0.483. The van der Waals surface area contributed by atoms with Gasteiger partial charge in [-0.3, -0.25) is 4.79 Å². The normalized spacial score (nSPS) is 12.1. The lowest BCUT2D eigenvalue weighted by Crippen LogP contribution is -2.21. The maximum absolute atomic E-state index is 12.4. The van der Waals surface area contributed by atoms with Gasteiger partial charge in [0.25, 0.3) is 0 Å². The van der Waals surface area contributed by atoms with E-state index in [1.165, 1.54) is 25.7 Å². The van der Waals surface area contributed by atoms with Crippen molar-refractivity contribution in [1.82, 2.24) is 0 Å². The van der Waals surface area contributed by atoms with Gasteiger partial charge in [-0.05, 0) is 18.4 Å². The summed E-state index contributed by atoms with van der Waals surface area (Å²) < 4.78 is 11.1. The molecule has 23 heavy (non-hydrogen) atoms. The monoisotopic (exact) mass is 320 g/mol. The molecule has 0 N–H and O–H groups in total. The predicted octanol–water partition coefficient (Wildman–Crippen LogP) is 5.10. The van der Waals surface area contributed by atoms with E-state index in [2.05, 4.69) is 13.8 Å². The number of benzene rings is 1. The van der Waals surface area contributed by atoms with Crippen molar-refractivity contribution < 1.29 is 14.3 Å². The fourth-order valence-electron chi connectivity index (χ4n) is 2.49. The number of esters is 1. The second-order valence-electron chi connectivity index (χ2n) is 5.97. The van der Waals surface area contributed by atoms with Crippen molar-refractivity contribution in [2.75, 3.05) is 19.8 Å². The Balaban J connectivity index is 2.36. The van der Waals surface area contributed by atoms with E-state index in [9.17, 15) is 4.79 Å². The Hall–Kier alpha value is -1.35. The SMILES string of the molecule is CCCCCCCCOC(=O)C(COCCC)c1ccccc1. The van der Waals surface area contributed by atoms with Crippen LogP contribution in [0, 0.1) is 0 Å². The number of unbranched alkanes of at least 4 members (excludes halogenated alkanes) is 5. The van der Waals surface area contributed by atoms with Crippen LogP contribution in [-0.4, -0.2) is 25.8 Å². The van der Waals surface area contributed by atoms with Crippen molar-refractivity contribution in [3.63, 3.8) is 0 Å². The van der Waals surface area contributed by atoms with Crippen LogP contribution in [0.3, 0.4) is 0 Å². The molecule has 0 fully saturated rings. The first-order valence-electron chi connectivity index (χ1n) is 9.08. The summed E-state index contributed by atoms with van der Waals surface area (Å²) >= 11 is 0. The lowest BCUT2D eigenvalue weighted by Gasteiger charge is -2.16. The van der Waals surface area contributed by atoms with E-state index < -0.39 is 0 Å². The third kappa shape index (κ3) is 8.75. The molecule has 0 amide bonds. The maximum atomic E-state index is 12.4. The first kappa shape index (κ1) is 19.7. The van der Waals surface area contributed by atoms with Gasteiger partial charge in [-0.1, -0.05) is 76.3 Å². The third-order valence-corrected chi connectivity index (χ3v) is 3.86. The molecule has 0 aliphatic rings. The lowest BCUT2D eigenvalue weighted by atomic mass is 10.0. The summed E-state index contributed by atoms with van der Waals surface area (Å²) in [5.41, 5.74) is 0.969. The van der Waals surface area contributed by atoms with Crippen LogP contribution < -0.4 is 0 Å². The first-order valence-corrected chi connectivity index (χ1v) is 9.08. The van der Waals surface area contributed by atoms with E-state index in [0.29, 0.717) is 19.8 Å². The highest BCUT2D eigenvalue weighted by atomic mass is 16.5. The highest BCUT2D eigenvalue weighted by Gasteiger charge is 2.22. The highest BCUT2D eigenvalue weighted by molar-refractivity contribution is 5.78. The van der Waals surface area contributed by atoms with Crippen LogP contribution >= 0.6 is 0 Å². The average Bonchev–Trinajstić information content (AvgIpc) is 2.58. The van der Waals surface area contributed by atoms with Crippen molar-refractivity contribution in [2.45, 2.75) is 64.7 Å². The Labute approximate surface area is 141 Å². The minimum atomic E-state index is -0.317. The minimum absolute atomic E-state index is 0.166. The predicted molar refractivity (Wildman–Crippen MR) is 94.6 cm³/mol. The van der Waals surface area contributed by atoms with Crippen LogP contribution in [0.4, 0.5) is 0 Å². The number of carbonyl (C=O) groups is 1. The molecule has 0 aliphatic heterocycles. The summed E-state index contributed by atoms with van der Waals surface area (Å²) in [6.07, 6.45) is 8.10. The molecule has 3 heteroatoms. The Morgan fingerprint density at radius 2 is 1.61 bits per heavy atom. The van der Waals surface area contributed by atoms with Crippen LogP contribution in [0.15, 0.2) is 30.3 Å². The number of rotatable bonds is 13. The van der Waals surface area contributed by atoms with Gasteiger partial charge in [0.15, 0.2) is 0 Å². The van der Waals surface area contributed by atoms with E-state index in [0.717, 1.165) is 24.8 Å². The largest absolute Gasteiger partial charge is 0.465 e. The van der Waals surface area contributed by atoms with Crippen molar-refractivity contribution in [1.29, 1.82) is 0 Å². The van der Waals surface area contributed by atoms with Gasteiger partial charge in [0, 0.05) is 6.61 Å². The molecular weight excluding hydrogens is 288 g/mol. The van der Waals surface area contributed by atoms with E-state index in [4.69, 9.17) is 9.47 Å². The number of hydrogen-bond donors (Lipinski definition) is 0. The van der Waals surface area contributed by atoms with Crippen molar-refractivity contribution >= 4 is 5.97 Å². The molecule has 0 saturated heterocycles. The van der Waals surface area contributed by atoms with Gasteiger partial charge in [-0.15, -0.1) is 0 Å². The Bertz CT molecular complexity index is 403. The quantitative estimate of drug-likeness (QED) is 0.375. The molecule has 0 radical (unpaired) electrons. The van der Waals surface area contributed by atoms with Crippen molar-refractivity contribution in [3.8, 4) is 0 Å². The highest BCUT2D eigenvalue weighted by Crippen LogP contribution is 2.18. The molecule has 0 aromatic heterocycles. The van der Waals surface area contributed by atoms with Crippen molar-refractivity contribution in [2.24, 2.45) is 0 Å². The van der Waals surface area contributed by atoms with Gasteiger partial charge < -0.3 is 9.47 Å². The van der Waals surface area contributed by atoms with Gasteiger partial charge in [0.2, 0.25) is 0 Å². The Morgan fingerprint density at radius 3 is 2.30 bits per heavy atom. The summed E-state index contributed by atoms with van der Waals surface area (Å²) in [7, 11) is 0. The van der Waals surface area contributed by atoms with Crippen LogP contribution in [0.1, 0.15) is 70.3 Å². The van der Waals surface area contributed by atoms with Crippen molar-refractivity contribution in [3.05, 3.63) is 35.9 Å². The zero-order chi connectivity index (χ0) is 16.8. The topological polar surface area (TPSA) is 35.5 Å². The van der Waals surface area contributed by atoms with Gasteiger partial charge in [0.1, 0.15) is 5.92 Å². The maximum Gasteiger partial charge on any atom is 0.315 e. The molecule has 3 nitrogen and oxygen atoms in total. The molecule has 0 bridgehead atoms. The molecule has 0 saturated carbocycles. The molecule has 1 rings (SSSR count). The zero-order valence-corrected chi connectivity index (χ0v) is 14.8.